The summed E-state index contributed by atoms with van der Waals surface area (Å²) in [5.41, 5.74) is 7.03. The fraction of sp³-hybridized carbons (Fsp3) is 0. The maximum absolute atomic E-state index is 4.30. The van der Waals surface area contributed by atoms with Crippen LogP contribution in [-0.2, 0) is 0 Å². The molecule has 0 atom stereocenters. The van der Waals surface area contributed by atoms with Crippen molar-refractivity contribution >= 4 is 55.2 Å². The van der Waals surface area contributed by atoms with Crippen LogP contribution in [0.5, 0.6) is 0 Å². The topological polar surface area (TPSA) is 0 Å². The third kappa shape index (κ3) is 3.31. The van der Waals surface area contributed by atoms with Crippen LogP contribution < -0.4 is 0 Å². The average molecular weight is 483 g/mol. The summed E-state index contributed by atoms with van der Waals surface area (Å²) in [7, 11) is 0. The molecule has 0 unspecified atom stereocenters. The Morgan fingerprint density at radius 2 is 0.974 bits per heavy atom. The molecule has 0 heteroatoms. The van der Waals surface area contributed by atoms with Gasteiger partial charge in [0.05, 0.1) is 0 Å². The Hall–Kier alpha value is -4.94. The Balaban J connectivity index is 1.62. The van der Waals surface area contributed by atoms with E-state index in [1.807, 2.05) is 12.2 Å². The SMILES string of the molecule is C=Cc1c(C=C)c(-c2cccc3c2ccc2ccccc23)c2ccccc2c1-c1ccc2ccccc2c1. The highest BCUT2D eigenvalue weighted by Gasteiger charge is 2.20. The minimum Gasteiger partial charge on any atom is -0.0984 e. The molecule has 7 aromatic rings. The molecule has 0 aromatic heterocycles. The second-order valence-corrected chi connectivity index (χ2v) is 9.78. The summed E-state index contributed by atoms with van der Waals surface area (Å²) >= 11 is 0. The fourth-order valence-corrected chi connectivity index (χ4v) is 6.11. The molecule has 0 radical (unpaired) electrons. The Kier molecular flexibility index (Phi) is 5.20. The second kappa shape index (κ2) is 8.87. The van der Waals surface area contributed by atoms with E-state index in [2.05, 4.69) is 134 Å². The Morgan fingerprint density at radius 1 is 0.395 bits per heavy atom. The van der Waals surface area contributed by atoms with Crippen molar-refractivity contribution in [3.8, 4) is 22.3 Å². The van der Waals surface area contributed by atoms with Crippen LogP contribution in [0.4, 0.5) is 0 Å². The Labute approximate surface area is 222 Å². The zero-order chi connectivity index (χ0) is 25.6. The van der Waals surface area contributed by atoms with E-state index in [4.69, 9.17) is 0 Å². The Morgan fingerprint density at radius 3 is 1.74 bits per heavy atom. The van der Waals surface area contributed by atoms with E-state index in [1.54, 1.807) is 0 Å². The van der Waals surface area contributed by atoms with E-state index in [1.165, 1.54) is 65.3 Å². The smallest absolute Gasteiger partial charge is 0.00203 e. The van der Waals surface area contributed by atoms with Crippen molar-refractivity contribution in [3.05, 3.63) is 146 Å². The van der Waals surface area contributed by atoms with Gasteiger partial charge in [0.25, 0.3) is 0 Å². The van der Waals surface area contributed by atoms with Crippen LogP contribution in [0.15, 0.2) is 134 Å². The van der Waals surface area contributed by atoms with Crippen molar-refractivity contribution in [2.75, 3.05) is 0 Å². The lowest BCUT2D eigenvalue weighted by Gasteiger charge is -2.21. The molecule has 0 nitrogen and oxygen atoms in total. The molecule has 0 saturated carbocycles. The van der Waals surface area contributed by atoms with E-state index in [9.17, 15) is 0 Å². The zero-order valence-corrected chi connectivity index (χ0v) is 21.1. The standard InChI is InChI=1S/C38H26/c1-3-29-30(4-2)38(34-19-11-18-32-31-15-8-7-13-26(31)22-23-33(32)34)36-17-10-9-16-35(36)37(29)28-21-20-25-12-5-6-14-27(25)24-28/h3-24H,1-2H2. The first kappa shape index (κ1) is 22.3. The molecule has 0 saturated heterocycles. The molecule has 0 fully saturated rings. The molecular weight excluding hydrogens is 456 g/mol. The van der Waals surface area contributed by atoms with Crippen LogP contribution in [0.3, 0.4) is 0 Å². The first-order valence-corrected chi connectivity index (χ1v) is 13.0. The molecule has 0 amide bonds. The van der Waals surface area contributed by atoms with Gasteiger partial charge in [0.15, 0.2) is 0 Å². The van der Waals surface area contributed by atoms with Gasteiger partial charge in [0.2, 0.25) is 0 Å². The predicted octanol–water partition coefficient (Wildman–Crippen LogP) is 10.9. The van der Waals surface area contributed by atoms with Crippen LogP contribution in [-0.4, -0.2) is 0 Å². The first-order valence-electron chi connectivity index (χ1n) is 13.0. The minimum atomic E-state index is 1.11. The van der Waals surface area contributed by atoms with Crippen LogP contribution >= 0.6 is 0 Å². The lowest BCUT2D eigenvalue weighted by atomic mass is 9.82. The summed E-state index contributed by atoms with van der Waals surface area (Å²) in [6.45, 7) is 8.58. The molecule has 0 bridgehead atoms. The van der Waals surface area contributed by atoms with Crippen molar-refractivity contribution < 1.29 is 0 Å². The number of hydrogen-bond donors (Lipinski definition) is 0. The van der Waals surface area contributed by atoms with Gasteiger partial charge in [-0.2, -0.15) is 0 Å². The number of fused-ring (bicyclic) bond motifs is 5. The average Bonchev–Trinajstić information content (AvgIpc) is 2.99. The lowest BCUT2D eigenvalue weighted by molar-refractivity contribution is 1.61. The highest BCUT2D eigenvalue weighted by Crippen LogP contribution is 2.45. The third-order valence-electron chi connectivity index (χ3n) is 7.80. The van der Waals surface area contributed by atoms with Gasteiger partial charge in [-0.25, -0.2) is 0 Å². The molecule has 7 rings (SSSR count). The van der Waals surface area contributed by atoms with Crippen molar-refractivity contribution in [2.24, 2.45) is 0 Å². The quantitative estimate of drug-likeness (QED) is 0.219. The summed E-state index contributed by atoms with van der Waals surface area (Å²) < 4.78 is 0. The van der Waals surface area contributed by atoms with Gasteiger partial charge in [0.1, 0.15) is 0 Å². The molecule has 0 aliphatic rings. The first-order chi connectivity index (χ1) is 18.8. The van der Waals surface area contributed by atoms with Crippen molar-refractivity contribution in [3.63, 3.8) is 0 Å². The summed E-state index contributed by atoms with van der Waals surface area (Å²) in [6.07, 6.45) is 4.00. The largest absolute Gasteiger partial charge is 0.0984 e. The van der Waals surface area contributed by atoms with Gasteiger partial charge in [-0.15, -0.1) is 0 Å². The molecule has 0 aliphatic heterocycles. The van der Waals surface area contributed by atoms with Crippen LogP contribution in [0.1, 0.15) is 11.1 Å². The van der Waals surface area contributed by atoms with Crippen LogP contribution in [0.2, 0.25) is 0 Å². The molecule has 0 spiro atoms. The van der Waals surface area contributed by atoms with Crippen molar-refractivity contribution in [1.82, 2.24) is 0 Å². The maximum Gasteiger partial charge on any atom is -0.00203 e. The number of rotatable bonds is 4. The van der Waals surface area contributed by atoms with Gasteiger partial charge in [-0.05, 0) is 82.5 Å². The third-order valence-corrected chi connectivity index (χ3v) is 7.80. The molecule has 0 heterocycles. The normalized spacial score (nSPS) is 11.4. The van der Waals surface area contributed by atoms with E-state index < -0.39 is 0 Å². The van der Waals surface area contributed by atoms with Gasteiger partial charge >= 0.3 is 0 Å². The molecule has 38 heavy (non-hydrogen) atoms. The predicted molar refractivity (Wildman–Crippen MR) is 168 cm³/mol. The van der Waals surface area contributed by atoms with E-state index in [0.29, 0.717) is 0 Å². The fourth-order valence-electron chi connectivity index (χ4n) is 6.11. The monoisotopic (exact) mass is 482 g/mol. The van der Waals surface area contributed by atoms with Crippen LogP contribution in [0.25, 0.3) is 77.5 Å². The highest BCUT2D eigenvalue weighted by molar-refractivity contribution is 6.18. The highest BCUT2D eigenvalue weighted by atomic mass is 14.2. The second-order valence-electron chi connectivity index (χ2n) is 9.78. The van der Waals surface area contributed by atoms with Gasteiger partial charge in [0, 0.05) is 0 Å². The van der Waals surface area contributed by atoms with Gasteiger partial charge in [-0.1, -0.05) is 141 Å². The number of hydrogen-bond acceptors (Lipinski definition) is 0. The van der Waals surface area contributed by atoms with Gasteiger partial charge in [-0.3, -0.25) is 0 Å². The van der Waals surface area contributed by atoms with Crippen molar-refractivity contribution in [1.29, 1.82) is 0 Å². The number of benzene rings is 7. The minimum absolute atomic E-state index is 1.11. The summed E-state index contributed by atoms with van der Waals surface area (Å²) in [6, 6.07) is 43.8. The van der Waals surface area contributed by atoms with Crippen LogP contribution in [0, 0.1) is 0 Å². The Bertz CT molecular complexity index is 2060. The molecule has 0 N–H and O–H groups in total. The van der Waals surface area contributed by atoms with Crippen molar-refractivity contribution in [2.45, 2.75) is 0 Å². The van der Waals surface area contributed by atoms with E-state index in [-0.39, 0.29) is 0 Å². The molecule has 0 aliphatic carbocycles. The zero-order valence-electron chi connectivity index (χ0n) is 21.1. The maximum atomic E-state index is 4.30. The summed E-state index contributed by atoms with van der Waals surface area (Å²) in [5, 5.41) is 9.94. The molecule has 178 valence electrons. The summed E-state index contributed by atoms with van der Waals surface area (Å²) in [5.74, 6) is 0. The van der Waals surface area contributed by atoms with E-state index in [0.717, 1.165) is 11.1 Å². The lowest BCUT2D eigenvalue weighted by Crippen LogP contribution is -1.96. The summed E-state index contributed by atoms with van der Waals surface area (Å²) in [4.78, 5) is 0. The molecule has 7 aromatic carbocycles. The molecular formula is C38H26. The van der Waals surface area contributed by atoms with E-state index >= 15 is 0 Å². The van der Waals surface area contributed by atoms with Gasteiger partial charge < -0.3 is 0 Å².